The summed E-state index contributed by atoms with van der Waals surface area (Å²) in [6.45, 7) is 1.94. The Labute approximate surface area is 145 Å². The van der Waals surface area contributed by atoms with E-state index in [1.807, 2.05) is 37.3 Å². The molecule has 1 N–H and O–H groups in total. The van der Waals surface area contributed by atoms with Crippen molar-refractivity contribution in [2.24, 2.45) is 0 Å². The molecule has 0 atom stereocenters. The second kappa shape index (κ2) is 7.93. The molecule has 0 unspecified atom stereocenters. The van der Waals surface area contributed by atoms with Crippen LogP contribution in [-0.4, -0.2) is 20.7 Å². The molecule has 0 saturated heterocycles. The Balaban J connectivity index is 1.60. The van der Waals surface area contributed by atoms with Crippen molar-refractivity contribution in [2.75, 3.05) is 5.75 Å². The number of hydrogen-bond acceptors (Lipinski definition) is 4. The minimum Gasteiger partial charge on any atom is -0.301 e. The number of hydrogen-bond donors (Lipinski definition) is 1. The number of aryl methyl sites for hydroxylation is 2. The summed E-state index contributed by atoms with van der Waals surface area (Å²) in [6.07, 6.45) is 4.97. The molecule has 0 aliphatic heterocycles. The molecule has 0 fully saturated rings. The first-order chi connectivity index (χ1) is 11.7. The molecule has 3 rings (SSSR count). The van der Waals surface area contributed by atoms with Crippen molar-refractivity contribution in [1.29, 1.82) is 0 Å². The quantitative estimate of drug-likeness (QED) is 0.553. The van der Waals surface area contributed by atoms with Crippen LogP contribution in [0.25, 0.3) is 0 Å². The Morgan fingerprint density at radius 2 is 1.83 bits per heavy atom. The minimum absolute atomic E-state index is 0.0761. The van der Waals surface area contributed by atoms with E-state index in [2.05, 4.69) is 27.1 Å². The van der Waals surface area contributed by atoms with Crippen molar-refractivity contribution in [3.63, 3.8) is 0 Å². The van der Waals surface area contributed by atoms with E-state index in [4.69, 9.17) is 0 Å². The third-order valence-electron chi connectivity index (χ3n) is 3.69. The van der Waals surface area contributed by atoms with Gasteiger partial charge in [0.1, 0.15) is 0 Å². The standard InChI is InChI=1S/C19H19N3OS/c1-14-7-8-16(12-20-14)11-17-13-21-19(22-18(17)23)24-10-9-15-5-3-2-4-6-15/h2-8,12-13H,9-11H2,1H3,(H,21,22,23). The van der Waals surface area contributed by atoms with Crippen molar-refractivity contribution in [2.45, 2.75) is 24.9 Å². The number of nitrogens with one attached hydrogen (secondary N) is 1. The summed E-state index contributed by atoms with van der Waals surface area (Å²) in [5.41, 5.74) is 3.85. The number of thioether (sulfide) groups is 1. The van der Waals surface area contributed by atoms with Gasteiger partial charge in [0.05, 0.1) is 0 Å². The van der Waals surface area contributed by atoms with E-state index in [0.717, 1.165) is 23.4 Å². The van der Waals surface area contributed by atoms with Gasteiger partial charge in [-0.15, -0.1) is 0 Å². The fraction of sp³-hybridized carbons (Fsp3) is 0.211. The van der Waals surface area contributed by atoms with Crippen LogP contribution in [-0.2, 0) is 12.8 Å². The fourth-order valence-corrected chi connectivity index (χ4v) is 3.16. The number of H-pyrrole nitrogens is 1. The van der Waals surface area contributed by atoms with Crippen LogP contribution in [0.1, 0.15) is 22.4 Å². The molecule has 0 amide bonds. The highest BCUT2D eigenvalue weighted by atomic mass is 32.2. The van der Waals surface area contributed by atoms with Crippen LogP contribution < -0.4 is 5.56 Å². The second-order valence-electron chi connectivity index (χ2n) is 5.61. The van der Waals surface area contributed by atoms with Gasteiger partial charge in [0.25, 0.3) is 5.56 Å². The summed E-state index contributed by atoms with van der Waals surface area (Å²) in [5, 5.41) is 0.668. The maximum absolute atomic E-state index is 12.2. The van der Waals surface area contributed by atoms with Crippen molar-refractivity contribution >= 4 is 11.8 Å². The molecule has 4 nitrogen and oxygen atoms in total. The Morgan fingerprint density at radius 1 is 1.00 bits per heavy atom. The molecule has 2 heterocycles. The molecule has 0 saturated carbocycles. The summed E-state index contributed by atoms with van der Waals surface area (Å²) in [6, 6.07) is 14.2. The van der Waals surface area contributed by atoms with Gasteiger partial charge in [0.2, 0.25) is 0 Å². The third-order valence-corrected chi connectivity index (χ3v) is 4.58. The zero-order valence-electron chi connectivity index (χ0n) is 13.5. The van der Waals surface area contributed by atoms with Crippen LogP contribution in [0.5, 0.6) is 0 Å². The first-order valence-corrected chi connectivity index (χ1v) is 8.86. The Kier molecular flexibility index (Phi) is 5.43. The largest absolute Gasteiger partial charge is 0.301 e. The zero-order valence-corrected chi connectivity index (χ0v) is 14.3. The number of pyridine rings is 1. The molecular formula is C19H19N3OS. The molecule has 24 heavy (non-hydrogen) atoms. The van der Waals surface area contributed by atoms with Crippen molar-refractivity contribution in [1.82, 2.24) is 15.0 Å². The van der Waals surface area contributed by atoms with Gasteiger partial charge in [-0.25, -0.2) is 4.98 Å². The van der Waals surface area contributed by atoms with Gasteiger partial charge < -0.3 is 4.98 Å². The lowest BCUT2D eigenvalue weighted by molar-refractivity contribution is 0.896. The lowest BCUT2D eigenvalue weighted by atomic mass is 10.1. The second-order valence-corrected chi connectivity index (χ2v) is 6.70. The monoisotopic (exact) mass is 337 g/mol. The summed E-state index contributed by atoms with van der Waals surface area (Å²) in [4.78, 5) is 23.7. The van der Waals surface area contributed by atoms with Crippen molar-refractivity contribution in [3.8, 4) is 0 Å². The zero-order chi connectivity index (χ0) is 16.8. The molecule has 0 spiro atoms. The number of benzene rings is 1. The average Bonchev–Trinajstić information content (AvgIpc) is 2.60. The lowest BCUT2D eigenvalue weighted by Crippen LogP contribution is -2.15. The molecule has 5 heteroatoms. The molecule has 2 aromatic heterocycles. The van der Waals surface area contributed by atoms with E-state index in [-0.39, 0.29) is 5.56 Å². The smallest absolute Gasteiger partial charge is 0.255 e. The summed E-state index contributed by atoms with van der Waals surface area (Å²) in [7, 11) is 0. The van der Waals surface area contributed by atoms with E-state index >= 15 is 0 Å². The number of aromatic amines is 1. The minimum atomic E-state index is -0.0761. The summed E-state index contributed by atoms with van der Waals surface area (Å²) in [5.74, 6) is 0.883. The van der Waals surface area contributed by atoms with Gasteiger partial charge in [-0.2, -0.15) is 0 Å². The summed E-state index contributed by atoms with van der Waals surface area (Å²) >= 11 is 1.57. The van der Waals surface area contributed by atoms with E-state index in [1.54, 1.807) is 24.2 Å². The van der Waals surface area contributed by atoms with E-state index in [9.17, 15) is 4.79 Å². The highest BCUT2D eigenvalue weighted by molar-refractivity contribution is 7.99. The Bertz CT molecular complexity index is 844. The predicted molar refractivity (Wildman–Crippen MR) is 97.5 cm³/mol. The van der Waals surface area contributed by atoms with Gasteiger partial charge >= 0.3 is 0 Å². The SMILES string of the molecule is Cc1ccc(Cc2cnc(SCCc3ccccc3)[nH]c2=O)cn1. The van der Waals surface area contributed by atoms with Crippen molar-refractivity contribution in [3.05, 3.63) is 87.6 Å². The Morgan fingerprint density at radius 3 is 2.54 bits per heavy atom. The van der Waals surface area contributed by atoms with Crippen molar-refractivity contribution < 1.29 is 0 Å². The topological polar surface area (TPSA) is 58.6 Å². The molecule has 0 bridgehead atoms. The molecule has 1 aromatic carbocycles. The van der Waals surface area contributed by atoms with Crippen LogP contribution >= 0.6 is 11.8 Å². The van der Waals surface area contributed by atoms with Gasteiger partial charge in [0.15, 0.2) is 5.16 Å². The molecule has 0 radical (unpaired) electrons. The van der Waals surface area contributed by atoms with Crippen LogP contribution in [0.4, 0.5) is 0 Å². The molecule has 3 aromatic rings. The number of rotatable bonds is 6. The summed E-state index contributed by atoms with van der Waals surface area (Å²) < 4.78 is 0. The van der Waals surface area contributed by atoms with Crippen LogP contribution in [0.15, 0.2) is 64.8 Å². The van der Waals surface area contributed by atoms with E-state index in [0.29, 0.717) is 17.1 Å². The van der Waals surface area contributed by atoms with E-state index < -0.39 is 0 Å². The molecule has 122 valence electrons. The molecular weight excluding hydrogens is 318 g/mol. The van der Waals surface area contributed by atoms with Gasteiger partial charge in [-0.3, -0.25) is 9.78 Å². The fourth-order valence-electron chi connectivity index (χ4n) is 2.34. The number of aromatic nitrogens is 3. The van der Waals surface area contributed by atoms with Crippen LogP contribution in [0.3, 0.4) is 0 Å². The average molecular weight is 337 g/mol. The number of nitrogens with zero attached hydrogens (tertiary/aromatic N) is 2. The van der Waals surface area contributed by atoms with Gasteiger partial charge in [-0.1, -0.05) is 48.2 Å². The normalized spacial score (nSPS) is 10.7. The molecule has 0 aliphatic rings. The predicted octanol–water partition coefficient (Wildman–Crippen LogP) is 3.40. The lowest BCUT2D eigenvalue weighted by Gasteiger charge is -2.04. The highest BCUT2D eigenvalue weighted by Gasteiger charge is 2.05. The maximum atomic E-state index is 12.2. The van der Waals surface area contributed by atoms with Crippen LogP contribution in [0, 0.1) is 6.92 Å². The first-order valence-electron chi connectivity index (χ1n) is 7.87. The van der Waals surface area contributed by atoms with Gasteiger partial charge in [0, 0.05) is 35.8 Å². The maximum Gasteiger partial charge on any atom is 0.255 e. The van der Waals surface area contributed by atoms with E-state index in [1.165, 1.54) is 5.56 Å². The van der Waals surface area contributed by atoms with Gasteiger partial charge in [-0.05, 0) is 30.5 Å². The Hall–Kier alpha value is -2.40. The highest BCUT2D eigenvalue weighted by Crippen LogP contribution is 2.14. The third kappa shape index (κ3) is 4.55. The first kappa shape index (κ1) is 16.5. The molecule has 0 aliphatic carbocycles. The van der Waals surface area contributed by atoms with Crippen LogP contribution in [0.2, 0.25) is 0 Å².